The number of carbonyl (C=O) groups excluding carboxylic acids is 1. The molecule has 1 fully saturated rings. The van der Waals surface area contributed by atoms with Gasteiger partial charge in [0.1, 0.15) is 0 Å². The fourth-order valence-electron chi connectivity index (χ4n) is 5.16. The van der Waals surface area contributed by atoms with Crippen molar-refractivity contribution in [2.45, 2.75) is 38.8 Å². The highest BCUT2D eigenvalue weighted by Gasteiger charge is 2.64. The van der Waals surface area contributed by atoms with Crippen LogP contribution in [0.5, 0.6) is 11.5 Å². The minimum Gasteiger partial charge on any atom is -0.454 e. The molecule has 0 radical (unpaired) electrons. The number of anilines is 1. The summed E-state index contributed by atoms with van der Waals surface area (Å²) >= 11 is 0. The first-order valence-electron chi connectivity index (χ1n) is 10.6. The van der Waals surface area contributed by atoms with E-state index in [9.17, 15) is 15.3 Å². The van der Waals surface area contributed by atoms with Gasteiger partial charge in [-0.05, 0) is 29.3 Å². The van der Waals surface area contributed by atoms with Gasteiger partial charge in [-0.2, -0.15) is 10.5 Å². The van der Waals surface area contributed by atoms with Crippen LogP contribution in [0, 0.1) is 33.5 Å². The van der Waals surface area contributed by atoms with Gasteiger partial charge in [0.25, 0.3) is 0 Å². The van der Waals surface area contributed by atoms with Gasteiger partial charge in [-0.15, -0.1) is 0 Å². The average molecular weight is 425 g/mol. The van der Waals surface area contributed by atoms with E-state index in [0.29, 0.717) is 11.5 Å². The van der Waals surface area contributed by atoms with Crippen molar-refractivity contribution < 1.29 is 14.3 Å². The predicted octanol–water partition coefficient (Wildman–Crippen LogP) is 4.43. The summed E-state index contributed by atoms with van der Waals surface area (Å²) in [6.07, 6.45) is 3.84. The molecule has 160 valence electrons. The molecule has 0 N–H and O–H groups in total. The quantitative estimate of drug-likeness (QED) is 0.707. The van der Waals surface area contributed by atoms with Gasteiger partial charge in [-0.1, -0.05) is 57.2 Å². The number of nitrogens with zero attached hydrogens (tertiary/aromatic N) is 3. The van der Waals surface area contributed by atoms with E-state index < -0.39 is 28.8 Å². The van der Waals surface area contributed by atoms with Gasteiger partial charge < -0.3 is 14.4 Å². The third kappa shape index (κ3) is 2.66. The molecule has 0 aromatic heterocycles. The van der Waals surface area contributed by atoms with Crippen molar-refractivity contribution in [3.63, 3.8) is 0 Å². The molecule has 1 saturated heterocycles. The largest absolute Gasteiger partial charge is 0.454 e. The molecule has 2 aromatic rings. The van der Waals surface area contributed by atoms with Crippen molar-refractivity contribution in [2.75, 3.05) is 11.7 Å². The molecule has 3 heterocycles. The number of ketones is 1. The van der Waals surface area contributed by atoms with Crippen LogP contribution in [-0.4, -0.2) is 24.7 Å². The third-order valence-electron chi connectivity index (χ3n) is 6.68. The number of para-hydroxylation sites is 1. The van der Waals surface area contributed by atoms with Crippen LogP contribution in [-0.2, 0) is 4.79 Å². The Bertz CT molecular complexity index is 1210. The molecule has 0 spiro atoms. The molecule has 3 aliphatic heterocycles. The molecule has 3 atom stereocenters. The number of benzene rings is 2. The molecule has 0 amide bonds. The highest BCUT2D eigenvalue weighted by atomic mass is 16.7. The summed E-state index contributed by atoms with van der Waals surface area (Å²) in [6.45, 7) is 5.77. The summed E-state index contributed by atoms with van der Waals surface area (Å²) in [4.78, 5) is 15.9. The first-order valence-corrected chi connectivity index (χ1v) is 10.6. The van der Waals surface area contributed by atoms with E-state index in [1.807, 2.05) is 74.2 Å². The fraction of sp³-hybridized carbons (Fsp3) is 0.346. The molecule has 32 heavy (non-hydrogen) atoms. The lowest BCUT2D eigenvalue weighted by Gasteiger charge is -2.37. The van der Waals surface area contributed by atoms with Crippen LogP contribution in [0.2, 0.25) is 0 Å². The molecule has 0 bridgehead atoms. The second kappa shape index (κ2) is 6.87. The lowest BCUT2D eigenvalue weighted by atomic mass is 9.67. The number of fused-ring (bicyclic) bond motifs is 4. The minimum absolute atomic E-state index is 0.0114. The number of carbonyl (C=O) groups is 1. The van der Waals surface area contributed by atoms with Crippen LogP contribution < -0.4 is 14.4 Å². The maximum atomic E-state index is 13.9. The Kier molecular flexibility index (Phi) is 4.32. The Hall–Kier alpha value is -3.77. The monoisotopic (exact) mass is 425 g/mol. The molecule has 6 heteroatoms. The van der Waals surface area contributed by atoms with Crippen molar-refractivity contribution >= 4 is 17.5 Å². The zero-order valence-electron chi connectivity index (χ0n) is 18.2. The molecule has 0 aliphatic carbocycles. The maximum absolute atomic E-state index is 13.9. The maximum Gasteiger partial charge on any atom is 0.231 e. The Morgan fingerprint density at radius 3 is 2.53 bits per heavy atom. The van der Waals surface area contributed by atoms with E-state index >= 15 is 0 Å². The lowest BCUT2D eigenvalue weighted by Crippen LogP contribution is -2.47. The van der Waals surface area contributed by atoms with Crippen LogP contribution in [0.3, 0.4) is 0 Å². The van der Waals surface area contributed by atoms with Gasteiger partial charge in [0.2, 0.25) is 6.79 Å². The smallest absolute Gasteiger partial charge is 0.231 e. The highest BCUT2D eigenvalue weighted by Crippen LogP contribution is 2.56. The van der Waals surface area contributed by atoms with E-state index in [0.717, 1.165) is 16.8 Å². The number of hydrogen-bond donors (Lipinski definition) is 0. The summed E-state index contributed by atoms with van der Waals surface area (Å²) in [7, 11) is 0. The molecule has 0 saturated carbocycles. The number of nitriles is 2. The van der Waals surface area contributed by atoms with Crippen LogP contribution >= 0.6 is 0 Å². The van der Waals surface area contributed by atoms with E-state index in [4.69, 9.17) is 9.47 Å². The molecular formula is C26H23N3O3. The highest BCUT2D eigenvalue weighted by molar-refractivity contribution is 5.96. The summed E-state index contributed by atoms with van der Waals surface area (Å²) in [6, 6.07) is 16.7. The minimum atomic E-state index is -1.46. The van der Waals surface area contributed by atoms with Gasteiger partial charge in [0.05, 0.1) is 24.2 Å². The summed E-state index contributed by atoms with van der Waals surface area (Å²) in [5, 5.41) is 20.9. The zero-order valence-corrected chi connectivity index (χ0v) is 18.2. The second-order valence-electron chi connectivity index (χ2n) is 9.51. The standard InChI is InChI=1S/C26H23N3O3/c1-25(2,3)24(30)23-22(17-8-10-19-20(12-17)32-15-31-19)26(13-27,14-28)21-11-9-16-6-4-5-7-18(16)29(21)23/h4-12,21-23H,15H2,1-3H3. The molecule has 6 nitrogen and oxygen atoms in total. The van der Waals surface area contributed by atoms with E-state index in [2.05, 4.69) is 12.1 Å². The van der Waals surface area contributed by atoms with Crippen molar-refractivity contribution in [3.8, 4) is 23.6 Å². The Morgan fingerprint density at radius 1 is 1.09 bits per heavy atom. The van der Waals surface area contributed by atoms with Gasteiger partial charge in [-0.3, -0.25) is 4.79 Å². The molecule has 3 aliphatic rings. The van der Waals surface area contributed by atoms with Gasteiger partial charge in [0.15, 0.2) is 22.7 Å². The predicted molar refractivity (Wildman–Crippen MR) is 119 cm³/mol. The first-order chi connectivity index (χ1) is 15.3. The van der Waals surface area contributed by atoms with Crippen LogP contribution in [0.25, 0.3) is 6.08 Å². The van der Waals surface area contributed by atoms with Crippen LogP contribution in [0.15, 0.2) is 48.5 Å². The van der Waals surface area contributed by atoms with E-state index in [1.165, 1.54) is 0 Å². The van der Waals surface area contributed by atoms with Crippen molar-refractivity contribution in [2.24, 2.45) is 10.8 Å². The first kappa shape index (κ1) is 20.2. The van der Waals surface area contributed by atoms with Crippen molar-refractivity contribution in [3.05, 3.63) is 59.7 Å². The zero-order chi connectivity index (χ0) is 22.7. The number of Topliss-reactive ketones (excluding diaryl/α,β-unsaturated/α-hetero) is 1. The normalized spacial score (nSPS) is 24.3. The fourth-order valence-corrected chi connectivity index (χ4v) is 5.16. The average Bonchev–Trinajstić information content (AvgIpc) is 3.37. The topological polar surface area (TPSA) is 86.3 Å². The van der Waals surface area contributed by atoms with Gasteiger partial charge in [-0.25, -0.2) is 0 Å². The van der Waals surface area contributed by atoms with Gasteiger partial charge in [0, 0.05) is 17.0 Å². The Balaban J connectivity index is 1.78. The number of hydrogen-bond acceptors (Lipinski definition) is 6. The number of ether oxygens (including phenoxy) is 2. The van der Waals surface area contributed by atoms with Crippen molar-refractivity contribution in [1.29, 1.82) is 10.5 Å². The number of rotatable bonds is 2. The molecule has 5 rings (SSSR count). The van der Waals surface area contributed by atoms with Gasteiger partial charge >= 0.3 is 0 Å². The third-order valence-corrected chi connectivity index (χ3v) is 6.68. The SMILES string of the molecule is CC(C)(C)C(=O)C1C(c2ccc3c(c2)OCO3)C(C#N)(C#N)C2C=Cc3ccccc3N12. The molecule has 2 aromatic carbocycles. The van der Waals surface area contributed by atoms with Crippen molar-refractivity contribution in [1.82, 2.24) is 0 Å². The Labute approximate surface area is 187 Å². The molecular weight excluding hydrogens is 402 g/mol. The van der Waals surface area contributed by atoms with E-state index in [1.54, 1.807) is 6.07 Å². The second-order valence-corrected chi connectivity index (χ2v) is 9.51. The summed E-state index contributed by atoms with van der Waals surface area (Å²) in [5.74, 6) is 0.505. The lowest BCUT2D eigenvalue weighted by molar-refractivity contribution is -0.127. The summed E-state index contributed by atoms with van der Waals surface area (Å²) < 4.78 is 11.0. The molecule has 3 unspecified atom stereocenters. The van der Waals surface area contributed by atoms with E-state index in [-0.39, 0.29) is 12.6 Å². The summed E-state index contributed by atoms with van der Waals surface area (Å²) in [5.41, 5.74) is 0.428. The van der Waals surface area contributed by atoms with Crippen LogP contribution in [0.1, 0.15) is 37.8 Å². The van der Waals surface area contributed by atoms with Crippen LogP contribution in [0.4, 0.5) is 5.69 Å². The Morgan fingerprint density at radius 2 is 1.81 bits per heavy atom.